The molecule has 3 fully saturated rings. The van der Waals surface area contributed by atoms with Crippen molar-refractivity contribution in [3.05, 3.63) is 35.5 Å². The molecule has 128 valence electrons. The predicted molar refractivity (Wildman–Crippen MR) is 95.0 cm³/mol. The second-order valence-electron chi connectivity index (χ2n) is 8.18. The Labute approximate surface area is 141 Å². The highest BCUT2D eigenvalue weighted by Gasteiger charge is 2.48. The predicted octanol–water partition coefficient (Wildman–Crippen LogP) is 4.54. The second-order valence-corrected chi connectivity index (χ2v) is 8.18. The first-order valence-electron chi connectivity index (χ1n) is 9.39. The van der Waals surface area contributed by atoms with Gasteiger partial charge in [0.15, 0.2) is 0 Å². The van der Waals surface area contributed by atoms with Crippen molar-refractivity contribution < 1.29 is 10.2 Å². The van der Waals surface area contributed by atoms with Crippen LogP contribution in [0.2, 0.25) is 0 Å². The summed E-state index contributed by atoms with van der Waals surface area (Å²) in [6.07, 6.45) is 12.5. The van der Waals surface area contributed by atoms with Gasteiger partial charge in [-0.25, -0.2) is 0 Å². The van der Waals surface area contributed by atoms with Crippen molar-refractivity contribution in [2.24, 2.45) is 17.3 Å². The van der Waals surface area contributed by atoms with Gasteiger partial charge in [-0.15, -0.1) is 0 Å². The summed E-state index contributed by atoms with van der Waals surface area (Å²) in [4.78, 5) is 0. The number of hydrogen-bond donors (Lipinski definition) is 2. The molecule has 0 aliphatic heterocycles. The van der Waals surface area contributed by atoms with E-state index in [-0.39, 0.29) is 0 Å². The van der Waals surface area contributed by atoms with Crippen LogP contribution in [-0.4, -0.2) is 22.4 Å². The van der Waals surface area contributed by atoms with E-state index in [4.69, 9.17) is 0 Å². The third kappa shape index (κ3) is 3.08. The minimum atomic E-state index is -0.587. The molecule has 0 unspecified atom stereocenters. The van der Waals surface area contributed by atoms with Crippen molar-refractivity contribution in [1.29, 1.82) is 0 Å². The Morgan fingerprint density at radius 2 is 1.87 bits per heavy atom. The summed E-state index contributed by atoms with van der Waals surface area (Å²) in [7, 11) is 0. The summed E-state index contributed by atoms with van der Waals surface area (Å²) < 4.78 is 0. The smallest absolute Gasteiger partial charge is 0.0809 e. The molecule has 0 aromatic rings. The minimum absolute atomic E-state index is 0.497. The van der Waals surface area contributed by atoms with E-state index in [1.807, 2.05) is 0 Å². The largest absolute Gasteiger partial charge is 0.388 e. The molecule has 3 aliphatic rings. The number of hydrogen-bond acceptors (Lipinski definition) is 2. The highest BCUT2D eigenvalue weighted by atomic mass is 16.3. The van der Waals surface area contributed by atoms with Crippen molar-refractivity contribution in [2.75, 3.05) is 0 Å². The third-order valence-corrected chi connectivity index (χ3v) is 6.95. The van der Waals surface area contributed by atoms with Gasteiger partial charge in [-0.3, -0.25) is 0 Å². The lowest BCUT2D eigenvalue weighted by Gasteiger charge is -2.42. The van der Waals surface area contributed by atoms with Gasteiger partial charge in [-0.2, -0.15) is 0 Å². The number of allylic oxidation sites excluding steroid dienone is 3. The molecule has 3 saturated carbocycles. The van der Waals surface area contributed by atoms with Gasteiger partial charge in [0.2, 0.25) is 0 Å². The number of rotatable bonds is 2. The highest BCUT2D eigenvalue weighted by Crippen LogP contribution is 2.58. The van der Waals surface area contributed by atoms with Crippen LogP contribution in [0.1, 0.15) is 65.2 Å². The molecule has 0 amide bonds. The summed E-state index contributed by atoms with van der Waals surface area (Å²) in [6, 6.07) is 0. The van der Waals surface area contributed by atoms with E-state index < -0.39 is 12.2 Å². The van der Waals surface area contributed by atoms with Crippen LogP contribution in [-0.2, 0) is 0 Å². The average molecular weight is 316 g/mol. The molecule has 2 N–H and O–H groups in total. The van der Waals surface area contributed by atoms with Gasteiger partial charge in [0, 0.05) is 0 Å². The van der Waals surface area contributed by atoms with Gasteiger partial charge < -0.3 is 10.2 Å². The zero-order valence-corrected chi connectivity index (χ0v) is 14.7. The molecule has 0 aromatic heterocycles. The summed E-state index contributed by atoms with van der Waals surface area (Å²) in [5.41, 5.74) is 3.83. The lowest BCUT2D eigenvalue weighted by Crippen LogP contribution is -2.33. The quantitative estimate of drug-likeness (QED) is 0.734. The maximum absolute atomic E-state index is 9.99. The zero-order valence-electron chi connectivity index (χ0n) is 14.7. The topological polar surface area (TPSA) is 40.5 Å². The van der Waals surface area contributed by atoms with E-state index in [9.17, 15) is 10.2 Å². The molecular formula is C21H32O2. The zero-order chi connectivity index (χ0) is 16.6. The van der Waals surface area contributed by atoms with E-state index in [0.29, 0.717) is 23.8 Å². The van der Waals surface area contributed by atoms with Crippen molar-refractivity contribution >= 4 is 0 Å². The fraction of sp³-hybridized carbons (Fsp3) is 0.714. The van der Waals surface area contributed by atoms with E-state index in [2.05, 4.69) is 32.6 Å². The van der Waals surface area contributed by atoms with Crippen molar-refractivity contribution in [3.8, 4) is 0 Å². The van der Waals surface area contributed by atoms with Crippen molar-refractivity contribution in [1.82, 2.24) is 0 Å². The highest BCUT2D eigenvalue weighted by molar-refractivity contribution is 5.29. The van der Waals surface area contributed by atoms with Crippen LogP contribution < -0.4 is 0 Å². The molecule has 23 heavy (non-hydrogen) atoms. The first-order valence-corrected chi connectivity index (χ1v) is 9.39. The lowest BCUT2D eigenvalue weighted by atomic mass is 9.63. The van der Waals surface area contributed by atoms with E-state index >= 15 is 0 Å². The minimum Gasteiger partial charge on any atom is -0.388 e. The molecule has 3 rings (SSSR count). The Hall–Kier alpha value is -0.860. The molecule has 2 nitrogen and oxygen atoms in total. The van der Waals surface area contributed by atoms with Gasteiger partial charge in [0.25, 0.3) is 0 Å². The van der Waals surface area contributed by atoms with Gasteiger partial charge >= 0.3 is 0 Å². The summed E-state index contributed by atoms with van der Waals surface area (Å²) in [6.45, 7) is 8.64. The Morgan fingerprint density at radius 3 is 2.52 bits per heavy atom. The molecular weight excluding hydrogens is 284 g/mol. The lowest BCUT2D eigenvalue weighted by molar-refractivity contribution is 0.123. The van der Waals surface area contributed by atoms with E-state index in [0.717, 1.165) is 17.4 Å². The van der Waals surface area contributed by atoms with Gasteiger partial charge in [-0.1, -0.05) is 50.1 Å². The fourth-order valence-electron chi connectivity index (χ4n) is 5.44. The van der Waals surface area contributed by atoms with Crippen LogP contribution in [0.4, 0.5) is 0 Å². The standard InChI is InChI=1S/C21H32O2/c1-4-17-9-10-18-16(6-5-11-21(17,18)3)8-7-15-12-19(22)14(2)20(23)13-15/h7-8,17-20,22-23H,2,4-6,9-13H2,1,3H3/b16-8+/t17-,18-,19+,20+,21+/m0/s1. The van der Waals surface area contributed by atoms with E-state index in [1.54, 1.807) is 5.57 Å². The molecule has 5 atom stereocenters. The van der Waals surface area contributed by atoms with Crippen molar-refractivity contribution in [3.63, 3.8) is 0 Å². The van der Waals surface area contributed by atoms with Crippen LogP contribution in [0, 0.1) is 17.3 Å². The van der Waals surface area contributed by atoms with Gasteiger partial charge in [-0.05, 0) is 67.8 Å². The van der Waals surface area contributed by atoms with E-state index in [1.165, 1.54) is 38.5 Å². The van der Waals surface area contributed by atoms with Crippen LogP contribution in [0.3, 0.4) is 0 Å². The molecule has 0 spiro atoms. The number of aliphatic hydroxyl groups is 2. The summed E-state index contributed by atoms with van der Waals surface area (Å²) >= 11 is 0. The number of fused-ring (bicyclic) bond motifs is 1. The average Bonchev–Trinajstić information content (AvgIpc) is 2.87. The van der Waals surface area contributed by atoms with Gasteiger partial charge in [0.1, 0.15) is 0 Å². The Balaban J connectivity index is 1.77. The monoisotopic (exact) mass is 316 g/mol. The summed E-state index contributed by atoms with van der Waals surface area (Å²) in [5.74, 6) is 1.62. The Kier molecular flexibility index (Phi) is 4.85. The first-order chi connectivity index (χ1) is 11.0. The third-order valence-electron chi connectivity index (χ3n) is 6.95. The molecule has 0 saturated heterocycles. The second kappa shape index (κ2) is 6.57. The maximum atomic E-state index is 9.99. The van der Waals surface area contributed by atoms with Crippen LogP contribution in [0.25, 0.3) is 0 Å². The molecule has 0 heterocycles. The van der Waals surface area contributed by atoms with Crippen LogP contribution in [0.5, 0.6) is 0 Å². The summed E-state index contributed by atoms with van der Waals surface area (Å²) in [5, 5.41) is 20.0. The molecule has 0 aromatic carbocycles. The first kappa shape index (κ1) is 17.0. The molecule has 0 radical (unpaired) electrons. The SMILES string of the molecule is C=C1[C@H](O)CC(=C/C=C2\CCC[C@]3(C)[C@@H](CC)CC[C@@H]23)C[C@H]1O. The van der Waals surface area contributed by atoms with Crippen molar-refractivity contribution in [2.45, 2.75) is 77.4 Å². The van der Waals surface area contributed by atoms with Crippen LogP contribution >= 0.6 is 0 Å². The fourth-order valence-corrected chi connectivity index (χ4v) is 5.44. The number of aliphatic hydroxyl groups excluding tert-OH is 2. The molecule has 3 aliphatic carbocycles. The Bertz CT molecular complexity index is 514. The van der Waals surface area contributed by atoms with Crippen LogP contribution in [0.15, 0.2) is 35.5 Å². The Morgan fingerprint density at radius 1 is 1.17 bits per heavy atom. The molecule has 2 heteroatoms. The van der Waals surface area contributed by atoms with Gasteiger partial charge in [0.05, 0.1) is 12.2 Å². The maximum Gasteiger partial charge on any atom is 0.0809 e. The normalized spacial score (nSPS) is 42.9. The molecule has 0 bridgehead atoms.